The maximum absolute atomic E-state index is 12.6. The Bertz CT molecular complexity index is 1740. The summed E-state index contributed by atoms with van der Waals surface area (Å²) in [7, 11) is 0. The van der Waals surface area contributed by atoms with Gasteiger partial charge in [0.15, 0.2) is 6.29 Å². The van der Waals surface area contributed by atoms with Crippen molar-refractivity contribution in [1.82, 2.24) is 10.2 Å². The molecule has 0 bridgehead atoms. The van der Waals surface area contributed by atoms with Crippen LogP contribution >= 0.6 is 0 Å². The van der Waals surface area contributed by atoms with Crippen molar-refractivity contribution in [3.8, 4) is 11.1 Å². The molecule has 51 heavy (non-hydrogen) atoms. The van der Waals surface area contributed by atoms with Crippen molar-refractivity contribution in [2.24, 2.45) is 0 Å². The number of ether oxygens (including phenoxy) is 3. The Morgan fingerprint density at radius 1 is 0.784 bits per heavy atom. The van der Waals surface area contributed by atoms with E-state index >= 15 is 0 Å². The number of para-hydroxylation sites is 2. The number of carbonyl (C=O) groups is 2. The molecule has 3 atom stereocenters. The Balaban J connectivity index is 1.04. The third-order valence-corrected chi connectivity index (χ3v) is 9.38. The highest BCUT2D eigenvalue weighted by atomic mass is 16.7. The van der Waals surface area contributed by atoms with E-state index < -0.39 is 6.29 Å². The number of aliphatic hydroxyl groups excluding tert-OH is 1. The van der Waals surface area contributed by atoms with Crippen LogP contribution in [0.4, 0.5) is 11.4 Å². The van der Waals surface area contributed by atoms with E-state index in [1.54, 1.807) is 12.1 Å². The summed E-state index contributed by atoms with van der Waals surface area (Å²) in [6.07, 6.45) is 1.92. The van der Waals surface area contributed by atoms with Crippen LogP contribution < -0.4 is 16.4 Å². The number of morpholine rings is 1. The first-order valence-electron chi connectivity index (χ1n) is 17.8. The zero-order valence-electron chi connectivity index (χ0n) is 29.0. The standard InChI is InChI=1S/C41H48N4O6/c42-36-11-1-2-12-37(36)44-40(48)14-4-3-13-39(47)43-26-30-7-5-8-32(23-30)33-9-6-10-34(24-33)41-50-35(27-45-19-21-49-22-20-45)25-38(51-41)31-17-15-29(28-46)16-18-31/h1-2,5-12,15-18,23-24,35,38,41,46H,3-4,13-14,19-22,25-28,42H2,(H,43,47)(H,44,48)/t35-,38+,41+/m0/s1. The fourth-order valence-corrected chi connectivity index (χ4v) is 6.51. The van der Waals surface area contributed by atoms with E-state index in [2.05, 4.69) is 39.8 Å². The molecule has 0 aromatic heterocycles. The number of hydrogen-bond acceptors (Lipinski definition) is 8. The van der Waals surface area contributed by atoms with Crippen LogP contribution in [0.1, 0.15) is 66.8 Å². The Morgan fingerprint density at radius 3 is 2.27 bits per heavy atom. The molecule has 4 aromatic carbocycles. The number of aliphatic hydroxyl groups is 1. The number of amides is 2. The van der Waals surface area contributed by atoms with Crippen LogP contribution in [0.15, 0.2) is 97.1 Å². The van der Waals surface area contributed by atoms with Gasteiger partial charge in [-0.1, -0.05) is 72.8 Å². The largest absolute Gasteiger partial charge is 0.397 e. The second-order valence-electron chi connectivity index (χ2n) is 13.2. The van der Waals surface area contributed by atoms with E-state index in [9.17, 15) is 14.7 Å². The van der Waals surface area contributed by atoms with Gasteiger partial charge in [0.2, 0.25) is 11.8 Å². The highest BCUT2D eigenvalue weighted by Gasteiger charge is 2.33. The smallest absolute Gasteiger partial charge is 0.224 e. The van der Waals surface area contributed by atoms with E-state index in [0.29, 0.717) is 43.6 Å². The molecule has 10 nitrogen and oxygen atoms in total. The minimum absolute atomic E-state index is 0.00550. The Kier molecular flexibility index (Phi) is 12.8. The van der Waals surface area contributed by atoms with Crippen molar-refractivity contribution in [2.45, 2.75) is 63.8 Å². The summed E-state index contributed by atoms with van der Waals surface area (Å²) in [5.74, 6) is -0.161. The number of nitrogens with one attached hydrogen (secondary N) is 2. The van der Waals surface area contributed by atoms with E-state index in [0.717, 1.165) is 72.6 Å². The Hall–Kier alpha value is -4.58. The third kappa shape index (κ3) is 10.5. The molecule has 2 saturated heterocycles. The van der Waals surface area contributed by atoms with Gasteiger partial charge in [-0.15, -0.1) is 0 Å². The van der Waals surface area contributed by atoms with E-state index in [1.165, 1.54) is 0 Å². The number of anilines is 2. The first kappa shape index (κ1) is 36.2. The van der Waals surface area contributed by atoms with Crippen molar-refractivity contribution < 1.29 is 28.9 Å². The summed E-state index contributed by atoms with van der Waals surface area (Å²) in [5, 5.41) is 15.4. The summed E-state index contributed by atoms with van der Waals surface area (Å²) in [6.45, 7) is 4.46. The number of benzene rings is 4. The molecule has 2 aliphatic rings. The van der Waals surface area contributed by atoms with Crippen molar-refractivity contribution >= 4 is 23.2 Å². The van der Waals surface area contributed by atoms with Gasteiger partial charge in [-0.05, 0) is 64.9 Å². The van der Waals surface area contributed by atoms with Gasteiger partial charge in [0.05, 0.1) is 43.4 Å². The first-order valence-corrected chi connectivity index (χ1v) is 17.8. The minimum Gasteiger partial charge on any atom is -0.397 e. The highest BCUT2D eigenvalue weighted by molar-refractivity contribution is 5.93. The number of carbonyl (C=O) groups excluding carboxylic acids is 2. The van der Waals surface area contributed by atoms with Crippen LogP contribution in [0.5, 0.6) is 0 Å². The zero-order chi connectivity index (χ0) is 35.4. The van der Waals surface area contributed by atoms with E-state index in [-0.39, 0.29) is 30.6 Å². The quantitative estimate of drug-likeness (QED) is 0.0918. The summed E-state index contributed by atoms with van der Waals surface area (Å²) >= 11 is 0. The van der Waals surface area contributed by atoms with Crippen LogP contribution in [0, 0.1) is 0 Å². The fraction of sp³-hybridized carbons (Fsp3) is 0.366. The topological polar surface area (TPSA) is 135 Å². The van der Waals surface area contributed by atoms with Crippen LogP contribution in [-0.2, 0) is 37.0 Å². The van der Waals surface area contributed by atoms with Crippen molar-refractivity contribution in [3.63, 3.8) is 0 Å². The molecular weight excluding hydrogens is 644 g/mol. The third-order valence-electron chi connectivity index (χ3n) is 9.38. The number of hydrogen-bond donors (Lipinski definition) is 4. The van der Waals surface area contributed by atoms with Crippen molar-refractivity contribution in [2.75, 3.05) is 43.9 Å². The molecule has 2 amide bonds. The molecule has 5 N–H and O–H groups in total. The molecule has 0 unspecified atom stereocenters. The summed E-state index contributed by atoms with van der Waals surface area (Å²) in [6, 6.07) is 31.5. The number of rotatable bonds is 14. The van der Waals surface area contributed by atoms with Gasteiger partial charge in [0.25, 0.3) is 0 Å². The molecule has 2 aliphatic heterocycles. The SMILES string of the molecule is Nc1ccccc1NC(=O)CCCCC(=O)NCc1cccc(-c2cccc([C@@H]3O[C@H](CN4CCOCC4)C[C@H](c4ccc(CO)cc4)O3)c2)c1. The Morgan fingerprint density at radius 2 is 1.51 bits per heavy atom. The maximum atomic E-state index is 12.6. The zero-order valence-corrected chi connectivity index (χ0v) is 29.0. The second kappa shape index (κ2) is 18.1. The number of unbranched alkanes of at least 4 members (excludes halogenated alkanes) is 1. The van der Waals surface area contributed by atoms with E-state index in [1.807, 2.05) is 60.7 Å². The van der Waals surface area contributed by atoms with E-state index in [4.69, 9.17) is 19.9 Å². The molecule has 268 valence electrons. The molecule has 6 rings (SSSR count). The highest BCUT2D eigenvalue weighted by Crippen LogP contribution is 2.39. The molecule has 0 aliphatic carbocycles. The second-order valence-corrected chi connectivity index (χ2v) is 13.2. The molecule has 0 spiro atoms. The normalized spacial score (nSPS) is 19.4. The monoisotopic (exact) mass is 692 g/mol. The molecule has 2 fully saturated rings. The summed E-state index contributed by atoms with van der Waals surface area (Å²) in [4.78, 5) is 27.3. The molecule has 10 heteroatoms. The number of nitrogens with zero attached hydrogens (tertiary/aromatic N) is 1. The fourth-order valence-electron chi connectivity index (χ4n) is 6.51. The molecule has 0 saturated carbocycles. The van der Waals surface area contributed by atoms with Crippen molar-refractivity contribution in [1.29, 1.82) is 0 Å². The maximum Gasteiger partial charge on any atom is 0.224 e. The van der Waals surface area contributed by atoms with Crippen LogP contribution in [-0.4, -0.2) is 60.8 Å². The van der Waals surface area contributed by atoms with Gasteiger partial charge in [-0.3, -0.25) is 14.5 Å². The summed E-state index contributed by atoms with van der Waals surface area (Å²) < 4.78 is 18.8. The minimum atomic E-state index is -0.544. The summed E-state index contributed by atoms with van der Waals surface area (Å²) in [5.41, 5.74) is 13.0. The average molecular weight is 693 g/mol. The molecule has 4 aromatic rings. The predicted octanol–water partition coefficient (Wildman–Crippen LogP) is 6.12. The van der Waals surface area contributed by atoms with Gasteiger partial charge in [-0.25, -0.2) is 0 Å². The number of nitrogen functional groups attached to an aromatic ring is 1. The number of nitrogens with two attached hydrogens (primary N) is 1. The van der Waals surface area contributed by atoms with Gasteiger partial charge in [0, 0.05) is 51.0 Å². The van der Waals surface area contributed by atoms with Gasteiger partial charge >= 0.3 is 0 Å². The lowest BCUT2D eigenvalue weighted by Gasteiger charge is -2.39. The van der Waals surface area contributed by atoms with Crippen LogP contribution in [0.2, 0.25) is 0 Å². The van der Waals surface area contributed by atoms with Crippen LogP contribution in [0.25, 0.3) is 11.1 Å². The lowest BCUT2D eigenvalue weighted by atomic mass is 9.98. The van der Waals surface area contributed by atoms with Gasteiger partial charge in [0.1, 0.15) is 0 Å². The van der Waals surface area contributed by atoms with Crippen LogP contribution in [0.3, 0.4) is 0 Å². The Labute approximate surface area is 299 Å². The van der Waals surface area contributed by atoms with Gasteiger partial charge in [-0.2, -0.15) is 0 Å². The van der Waals surface area contributed by atoms with Gasteiger partial charge < -0.3 is 35.7 Å². The molecular formula is C41H48N4O6. The molecule has 2 heterocycles. The predicted molar refractivity (Wildman–Crippen MR) is 197 cm³/mol. The van der Waals surface area contributed by atoms with Crippen molar-refractivity contribution in [3.05, 3.63) is 119 Å². The first-order chi connectivity index (χ1) is 24.9. The lowest BCUT2D eigenvalue weighted by molar-refractivity contribution is -0.253. The molecule has 0 radical (unpaired) electrons. The average Bonchev–Trinajstić information content (AvgIpc) is 3.17. The lowest BCUT2D eigenvalue weighted by Crippen LogP contribution is -2.44.